The summed E-state index contributed by atoms with van der Waals surface area (Å²) in [5.74, 6) is 0.925. The van der Waals surface area contributed by atoms with E-state index in [0.29, 0.717) is 6.04 Å². The highest BCUT2D eigenvalue weighted by Gasteiger charge is 2.27. The van der Waals surface area contributed by atoms with E-state index < -0.39 is 0 Å². The van der Waals surface area contributed by atoms with Gasteiger partial charge in [0.15, 0.2) is 5.96 Å². The smallest absolute Gasteiger partial charge is 0.191 e. The molecule has 1 unspecified atom stereocenters. The summed E-state index contributed by atoms with van der Waals surface area (Å²) in [5, 5.41) is 7.22. The lowest BCUT2D eigenvalue weighted by atomic mass is 9.92. The Morgan fingerprint density at radius 3 is 2.63 bits per heavy atom. The second-order valence-electron chi connectivity index (χ2n) is 8.74. The molecule has 2 aliphatic heterocycles. The molecule has 1 saturated heterocycles. The van der Waals surface area contributed by atoms with Crippen molar-refractivity contribution >= 4 is 35.6 Å². The van der Waals surface area contributed by atoms with E-state index in [9.17, 15) is 0 Å². The first-order chi connectivity index (χ1) is 14.3. The lowest BCUT2D eigenvalue weighted by Gasteiger charge is -2.40. The zero-order chi connectivity index (χ0) is 19.9. The van der Waals surface area contributed by atoms with Crippen molar-refractivity contribution in [2.75, 3.05) is 38.1 Å². The van der Waals surface area contributed by atoms with Crippen LogP contribution >= 0.6 is 24.0 Å². The summed E-state index contributed by atoms with van der Waals surface area (Å²) in [4.78, 5) is 9.61. The van der Waals surface area contributed by atoms with Crippen molar-refractivity contribution < 1.29 is 0 Å². The molecule has 1 aliphatic carbocycles. The Hall–Kier alpha value is -1.28. The summed E-state index contributed by atoms with van der Waals surface area (Å²) in [7, 11) is 1.88. The molecular weight excluding hydrogens is 485 g/mol. The van der Waals surface area contributed by atoms with Crippen LogP contribution in [0.5, 0.6) is 0 Å². The van der Waals surface area contributed by atoms with Crippen molar-refractivity contribution in [3.8, 4) is 0 Å². The van der Waals surface area contributed by atoms with Crippen LogP contribution in [0.2, 0.25) is 0 Å². The monoisotopic (exact) mass is 523 g/mol. The van der Waals surface area contributed by atoms with Gasteiger partial charge in [-0.1, -0.05) is 43.5 Å². The van der Waals surface area contributed by atoms with Crippen molar-refractivity contribution in [1.29, 1.82) is 0 Å². The van der Waals surface area contributed by atoms with Gasteiger partial charge in [-0.15, -0.1) is 24.0 Å². The van der Waals surface area contributed by atoms with E-state index in [1.807, 2.05) is 7.05 Å². The zero-order valence-corrected chi connectivity index (χ0v) is 20.7. The number of hydrogen-bond acceptors (Lipinski definition) is 3. The van der Waals surface area contributed by atoms with Gasteiger partial charge in [-0.05, 0) is 49.9 Å². The molecule has 2 N–H and O–H groups in total. The van der Waals surface area contributed by atoms with Gasteiger partial charge in [-0.25, -0.2) is 0 Å². The minimum Gasteiger partial charge on any atom is -0.364 e. The fourth-order valence-corrected chi connectivity index (χ4v) is 5.03. The normalized spacial score (nSPS) is 23.3. The third-order valence-electron chi connectivity index (χ3n) is 6.66. The molecule has 1 saturated carbocycles. The maximum Gasteiger partial charge on any atom is 0.191 e. The summed E-state index contributed by atoms with van der Waals surface area (Å²) in [6, 6.07) is 10.2. The SMILES string of the molecule is CN=C(NCc1cccc(N2CC=CC2)c1)NC1CCCN(C2CCCCC2)C1.I. The fraction of sp³-hybridized carbons (Fsp3) is 0.625. The number of guanidine groups is 1. The fourth-order valence-electron chi connectivity index (χ4n) is 5.03. The number of piperidine rings is 1. The second-order valence-corrected chi connectivity index (χ2v) is 8.74. The summed E-state index contributed by atoms with van der Waals surface area (Å²) in [5.41, 5.74) is 2.59. The minimum atomic E-state index is 0. The van der Waals surface area contributed by atoms with Gasteiger partial charge in [0.2, 0.25) is 0 Å². The van der Waals surface area contributed by atoms with Crippen molar-refractivity contribution in [3.63, 3.8) is 0 Å². The van der Waals surface area contributed by atoms with Crippen LogP contribution < -0.4 is 15.5 Å². The lowest BCUT2D eigenvalue weighted by molar-refractivity contribution is 0.115. The Labute approximate surface area is 199 Å². The van der Waals surface area contributed by atoms with Gasteiger partial charge >= 0.3 is 0 Å². The van der Waals surface area contributed by atoms with Gasteiger partial charge in [-0.2, -0.15) is 0 Å². The van der Waals surface area contributed by atoms with Crippen LogP contribution in [0.3, 0.4) is 0 Å². The zero-order valence-electron chi connectivity index (χ0n) is 18.4. The summed E-state index contributed by atoms with van der Waals surface area (Å²) in [6.07, 6.45) is 14.0. The summed E-state index contributed by atoms with van der Waals surface area (Å²) < 4.78 is 0. The number of halogens is 1. The van der Waals surface area contributed by atoms with E-state index in [1.54, 1.807) is 0 Å². The molecule has 1 atom stereocenters. The number of nitrogens with zero attached hydrogens (tertiary/aromatic N) is 3. The molecule has 0 radical (unpaired) electrons. The maximum atomic E-state index is 4.49. The van der Waals surface area contributed by atoms with Crippen LogP contribution in [0.4, 0.5) is 5.69 Å². The van der Waals surface area contributed by atoms with Crippen LogP contribution in [0.25, 0.3) is 0 Å². The molecule has 6 heteroatoms. The molecule has 0 aromatic heterocycles. The summed E-state index contributed by atoms with van der Waals surface area (Å²) >= 11 is 0. The van der Waals surface area contributed by atoms with Gasteiger partial charge in [0.1, 0.15) is 0 Å². The Kier molecular flexibility index (Phi) is 9.30. The van der Waals surface area contributed by atoms with Gasteiger partial charge in [0.25, 0.3) is 0 Å². The molecule has 1 aromatic carbocycles. The van der Waals surface area contributed by atoms with Gasteiger partial charge in [0, 0.05) is 51.0 Å². The molecule has 0 spiro atoms. The Balaban J connectivity index is 0.00000256. The van der Waals surface area contributed by atoms with E-state index in [2.05, 4.69) is 61.8 Å². The van der Waals surface area contributed by atoms with Crippen LogP contribution in [-0.4, -0.2) is 56.2 Å². The van der Waals surface area contributed by atoms with Gasteiger partial charge < -0.3 is 15.5 Å². The third kappa shape index (κ3) is 6.36. The summed E-state index contributed by atoms with van der Waals surface area (Å²) in [6.45, 7) is 5.25. The van der Waals surface area contributed by atoms with Crippen molar-refractivity contribution in [2.24, 2.45) is 4.99 Å². The van der Waals surface area contributed by atoms with E-state index in [1.165, 1.54) is 62.7 Å². The van der Waals surface area contributed by atoms with Gasteiger partial charge in [0.05, 0.1) is 0 Å². The van der Waals surface area contributed by atoms with Crippen LogP contribution in [0.1, 0.15) is 50.5 Å². The molecule has 30 heavy (non-hydrogen) atoms. The number of rotatable bonds is 5. The van der Waals surface area contributed by atoms with E-state index in [-0.39, 0.29) is 24.0 Å². The van der Waals surface area contributed by atoms with Crippen molar-refractivity contribution in [1.82, 2.24) is 15.5 Å². The second kappa shape index (κ2) is 11.9. The first kappa shape index (κ1) is 23.4. The topological polar surface area (TPSA) is 42.9 Å². The predicted molar refractivity (Wildman–Crippen MR) is 138 cm³/mol. The number of likely N-dealkylation sites (tertiary alicyclic amines) is 1. The Morgan fingerprint density at radius 2 is 1.87 bits per heavy atom. The first-order valence-corrected chi connectivity index (χ1v) is 11.5. The van der Waals surface area contributed by atoms with Crippen LogP contribution in [0.15, 0.2) is 41.4 Å². The molecule has 1 aromatic rings. The number of anilines is 1. The molecule has 4 rings (SSSR count). The lowest BCUT2D eigenvalue weighted by Crippen LogP contribution is -2.53. The first-order valence-electron chi connectivity index (χ1n) is 11.5. The highest BCUT2D eigenvalue weighted by atomic mass is 127. The van der Waals surface area contributed by atoms with E-state index in [4.69, 9.17) is 0 Å². The molecule has 3 aliphatic rings. The van der Waals surface area contributed by atoms with Crippen molar-refractivity contribution in [3.05, 3.63) is 42.0 Å². The predicted octanol–water partition coefficient (Wildman–Crippen LogP) is 4.14. The number of nitrogens with one attached hydrogen (secondary N) is 2. The Morgan fingerprint density at radius 1 is 1.07 bits per heavy atom. The number of hydrogen-bond donors (Lipinski definition) is 2. The van der Waals surface area contributed by atoms with Crippen LogP contribution in [-0.2, 0) is 6.54 Å². The molecule has 166 valence electrons. The van der Waals surface area contributed by atoms with Gasteiger partial charge in [-0.3, -0.25) is 9.89 Å². The molecule has 0 amide bonds. The molecule has 5 nitrogen and oxygen atoms in total. The molecule has 0 bridgehead atoms. The van der Waals surface area contributed by atoms with Crippen molar-refractivity contribution in [2.45, 2.75) is 63.6 Å². The number of aliphatic imine (C=N–C) groups is 1. The minimum absolute atomic E-state index is 0. The molecular formula is C24H38IN5. The largest absolute Gasteiger partial charge is 0.364 e. The molecule has 2 heterocycles. The van der Waals surface area contributed by atoms with Crippen LogP contribution in [0, 0.1) is 0 Å². The highest BCUT2D eigenvalue weighted by Crippen LogP contribution is 2.25. The third-order valence-corrected chi connectivity index (χ3v) is 6.66. The van der Waals surface area contributed by atoms with E-state index >= 15 is 0 Å². The maximum absolute atomic E-state index is 4.49. The average molecular weight is 524 g/mol. The number of benzene rings is 1. The standard InChI is InChI=1S/C24H37N5.HI/c1-25-24(26-18-20-9-7-13-23(17-20)28-14-5-6-15-28)27-21-10-8-16-29(19-21)22-11-3-2-4-12-22;/h5-7,9,13,17,21-22H,2-4,8,10-12,14-16,18-19H2,1H3,(H2,25,26,27);1H. The average Bonchev–Trinajstić information content (AvgIpc) is 3.33. The van der Waals surface area contributed by atoms with E-state index in [0.717, 1.165) is 38.2 Å². The Bertz CT molecular complexity index is 705. The molecule has 2 fully saturated rings. The highest BCUT2D eigenvalue weighted by molar-refractivity contribution is 14.0. The quantitative estimate of drug-likeness (QED) is 0.264.